The lowest BCUT2D eigenvalue weighted by Gasteiger charge is -2.24. The molecule has 1 unspecified atom stereocenters. The van der Waals surface area contributed by atoms with Crippen LogP contribution in [0.25, 0.3) is 0 Å². The first kappa shape index (κ1) is 12.7. The fourth-order valence-corrected chi connectivity index (χ4v) is 1.14. The SMILES string of the molecule is Cc1ccc(C(=O)CC([O-])C(F)(F)F)cc1. The number of carbonyl (C=O) groups excluding carboxylic acids is 1. The molecule has 1 atom stereocenters. The van der Waals surface area contributed by atoms with Gasteiger partial charge in [0, 0.05) is 12.0 Å². The van der Waals surface area contributed by atoms with Gasteiger partial charge in [0.15, 0.2) is 5.78 Å². The normalized spacial score (nSPS) is 13.6. The molecule has 0 fully saturated rings. The minimum Gasteiger partial charge on any atom is -0.845 e. The van der Waals surface area contributed by atoms with E-state index in [2.05, 4.69) is 0 Å². The summed E-state index contributed by atoms with van der Waals surface area (Å²) in [5, 5.41) is 10.7. The molecule has 0 saturated heterocycles. The van der Waals surface area contributed by atoms with Gasteiger partial charge in [-0.25, -0.2) is 0 Å². The van der Waals surface area contributed by atoms with E-state index in [1.165, 1.54) is 12.1 Å². The highest BCUT2D eigenvalue weighted by atomic mass is 19.4. The topological polar surface area (TPSA) is 40.1 Å². The second-order valence-corrected chi connectivity index (χ2v) is 3.52. The highest BCUT2D eigenvalue weighted by Gasteiger charge is 2.32. The first-order chi connectivity index (χ1) is 7.30. The van der Waals surface area contributed by atoms with Gasteiger partial charge in [-0.3, -0.25) is 4.79 Å². The first-order valence-electron chi connectivity index (χ1n) is 4.63. The maximum absolute atomic E-state index is 11.9. The lowest BCUT2D eigenvalue weighted by Crippen LogP contribution is -2.42. The zero-order valence-electron chi connectivity index (χ0n) is 8.54. The molecule has 2 nitrogen and oxygen atoms in total. The fraction of sp³-hybridized carbons (Fsp3) is 0.364. The van der Waals surface area contributed by atoms with Gasteiger partial charge in [0.1, 0.15) is 0 Å². The maximum atomic E-state index is 11.9. The van der Waals surface area contributed by atoms with Crippen LogP contribution < -0.4 is 5.11 Å². The van der Waals surface area contributed by atoms with Crippen molar-refractivity contribution in [3.63, 3.8) is 0 Å². The highest BCUT2D eigenvalue weighted by molar-refractivity contribution is 5.96. The summed E-state index contributed by atoms with van der Waals surface area (Å²) >= 11 is 0. The van der Waals surface area contributed by atoms with Gasteiger partial charge in [0.2, 0.25) is 0 Å². The predicted molar refractivity (Wildman–Crippen MR) is 50.0 cm³/mol. The number of benzene rings is 1. The monoisotopic (exact) mass is 231 g/mol. The van der Waals surface area contributed by atoms with E-state index >= 15 is 0 Å². The van der Waals surface area contributed by atoms with Gasteiger partial charge in [-0.15, -0.1) is 0 Å². The van der Waals surface area contributed by atoms with Crippen molar-refractivity contribution in [2.24, 2.45) is 0 Å². The molecule has 0 aliphatic rings. The van der Waals surface area contributed by atoms with Crippen LogP contribution in [-0.4, -0.2) is 18.1 Å². The van der Waals surface area contributed by atoms with Crippen LogP contribution in [0.2, 0.25) is 0 Å². The van der Waals surface area contributed by atoms with Crippen LogP contribution in [0.4, 0.5) is 13.2 Å². The number of hydrogen-bond acceptors (Lipinski definition) is 2. The van der Waals surface area contributed by atoms with Crippen molar-refractivity contribution in [2.45, 2.75) is 25.6 Å². The van der Waals surface area contributed by atoms with Gasteiger partial charge < -0.3 is 5.11 Å². The Morgan fingerprint density at radius 1 is 1.31 bits per heavy atom. The Hall–Kier alpha value is -1.36. The van der Waals surface area contributed by atoms with Crippen molar-refractivity contribution in [3.05, 3.63) is 35.4 Å². The van der Waals surface area contributed by atoms with Crippen LogP contribution in [-0.2, 0) is 0 Å². The Morgan fingerprint density at radius 3 is 2.25 bits per heavy atom. The van der Waals surface area contributed by atoms with Crippen molar-refractivity contribution in [2.75, 3.05) is 0 Å². The van der Waals surface area contributed by atoms with Crippen LogP contribution in [0.5, 0.6) is 0 Å². The number of halogens is 3. The molecule has 0 bridgehead atoms. The van der Waals surface area contributed by atoms with Crippen LogP contribution in [0.1, 0.15) is 22.3 Å². The van der Waals surface area contributed by atoms with E-state index in [1.807, 2.05) is 0 Å². The van der Waals surface area contributed by atoms with E-state index in [-0.39, 0.29) is 5.56 Å². The first-order valence-corrected chi connectivity index (χ1v) is 4.63. The largest absolute Gasteiger partial charge is 0.845 e. The van der Waals surface area contributed by atoms with Crippen LogP contribution in [0.15, 0.2) is 24.3 Å². The molecule has 0 aromatic heterocycles. The van der Waals surface area contributed by atoms with Crippen LogP contribution in [0, 0.1) is 6.92 Å². The average molecular weight is 231 g/mol. The molecule has 0 aliphatic heterocycles. The van der Waals surface area contributed by atoms with Crippen molar-refractivity contribution < 1.29 is 23.1 Å². The number of ketones is 1. The number of rotatable bonds is 3. The minimum atomic E-state index is -4.86. The molecule has 0 radical (unpaired) electrons. The van der Waals surface area contributed by atoms with Crippen molar-refractivity contribution >= 4 is 5.78 Å². The standard InChI is InChI=1S/C11H10F3O2/c1-7-2-4-8(5-3-7)9(15)6-10(16)11(12,13)14/h2-5,10H,6H2,1H3/q-1. The van der Waals surface area contributed by atoms with Crippen molar-refractivity contribution in [1.29, 1.82) is 0 Å². The summed E-state index contributed by atoms with van der Waals surface area (Å²) in [4.78, 5) is 11.3. The quantitative estimate of drug-likeness (QED) is 0.745. The molecule has 0 amide bonds. The summed E-state index contributed by atoms with van der Waals surface area (Å²) in [6.45, 7) is 1.79. The molecule has 16 heavy (non-hydrogen) atoms. The number of carbonyl (C=O) groups is 1. The summed E-state index contributed by atoms with van der Waals surface area (Å²) in [6, 6.07) is 6.06. The lowest BCUT2D eigenvalue weighted by atomic mass is 10.0. The Bertz CT molecular complexity index is 368. The van der Waals surface area contributed by atoms with Crippen molar-refractivity contribution in [3.8, 4) is 0 Å². The summed E-state index contributed by atoms with van der Waals surface area (Å²) < 4.78 is 35.8. The van der Waals surface area contributed by atoms with Gasteiger partial charge in [-0.05, 0) is 13.0 Å². The van der Waals surface area contributed by atoms with Crippen molar-refractivity contribution in [1.82, 2.24) is 0 Å². The molecule has 1 aromatic carbocycles. The molecule has 0 spiro atoms. The van der Waals surface area contributed by atoms with E-state index in [0.29, 0.717) is 0 Å². The van der Waals surface area contributed by atoms with E-state index < -0.39 is 24.5 Å². The molecule has 88 valence electrons. The smallest absolute Gasteiger partial charge is 0.377 e. The van der Waals surface area contributed by atoms with E-state index in [4.69, 9.17) is 0 Å². The zero-order chi connectivity index (χ0) is 12.3. The van der Waals surface area contributed by atoms with Gasteiger partial charge in [0.05, 0.1) is 0 Å². The van der Waals surface area contributed by atoms with E-state index in [0.717, 1.165) is 5.56 Å². The molecule has 1 aromatic rings. The maximum Gasteiger partial charge on any atom is 0.377 e. The Labute approximate surface area is 90.7 Å². The second-order valence-electron chi connectivity index (χ2n) is 3.52. The summed E-state index contributed by atoms with van der Waals surface area (Å²) in [5.41, 5.74) is 1.03. The minimum absolute atomic E-state index is 0.135. The second kappa shape index (κ2) is 4.65. The van der Waals surface area contributed by atoms with Crippen LogP contribution in [0.3, 0.4) is 0 Å². The van der Waals surface area contributed by atoms with E-state index in [1.54, 1.807) is 19.1 Å². The Kier molecular flexibility index (Phi) is 3.70. The number of Topliss-reactive ketones (excluding diaryl/α,β-unsaturated/α-hetero) is 1. The van der Waals surface area contributed by atoms with Gasteiger partial charge >= 0.3 is 6.18 Å². The number of aryl methyl sites for hydroxylation is 1. The molecule has 5 heteroatoms. The fourth-order valence-electron chi connectivity index (χ4n) is 1.14. The number of alkyl halides is 3. The Balaban J connectivity index is 2.70. The summed E-state index contributed by atoms with van der Waals surface area (Å²) in [5.74, 6) is -0.780. The molecular formula is C11H10F3O2-. The van der Waals surface area contributed by atoms with E-state index in [9.17, 15) is 23.1 Å². The predicted octanol–water partition coefficient (Wildman–Crippen LogP) is 1.86. The van der Waals surface area contributed by atoms with Gasteiger partial charge in [-0.1, -0.05) is 29.8 Å². The van der Waals surface area contributed by atoms with Gasteiger partial charge in [0.25, 0.3) is 0 Å². The molecule has 0 N–H and O–H groups in total. The van der Waals surface area contributed by atoms with Crippen LogP contribution >= 0.6 is 0 Å². The zero-order valence-corrected chi connectivity index (χ0v) is 8.54. The average Bonchev–Trinajstić information content (AvgIpc) is 2.17. The Morgan fingerprint density at radius 2 is 1.81 bits per heavy atom. The third kappa shape index (κ3) is 3.34. The molecule has 0 heterocycles. The molecule has 0 saturated carbocycles. The van der Waals surface area contributed by atoms with Gasteiger partial charge in [-0.2, -0.15) is 13.2 Å². The lowest BCUT2D eigenvalue weighted by molar-refractivity contribution is -0.478. The highest BCUT2D eigenvalue weighted by Crippen LogP contribution is 2.21. The third-order valence-corrected chi connectivity index (χ3v) is 2.11. The molecular weight excluding hydrogens is 221 g/mol. The molecule has 0 aliphatic carbocycles. The number of hydrogen-bond donors (Lipinski definition) is 0. The summed E-state index contributed by atoms with van der Waals surface area (Å²) in [7, 11) is 0. The third-order valence-electron chi connectivity index (χ3n) is 2.11. The summed E-state index contributed by atoms with van der Waals surface area (Å²) in [6.07, 6.45) is -8.76. The molecule has 1 rings (SSSR count).